The standard InChI is InChI=1S/C41H44F2N4O6/c1-48-36-15-28(16-37(49-2)40(36)52-5)30-13-26(20-44-22-30)24-46-11-9-32(10-12-46)47(33-7-8-34(42)35(43)19-33)25-27-14-31(23-45-21-27)29-17-38(50-3)41(53-6)39(18-29)51-4/h7-8,13-23,32H,9-12,24-25H2,1-6H3. The Bertz CT molecular complexity index is 1990. The summed E-state index contributed by atoms with van der Waals surface area (Å²) in [6.45, 7) is 2.78. The van der Waals surface area contributed by atoms with E-state index >= 15 is 0 Å². The summed E-state index contributed by atoms with van der Waals surface area (Å²) in [5.41, 5.74) is 6.12. The first-order valence-corrected chi connectivity index (χ1v) is 17.2. The van der Waals surface area contributed by atoms with E-state index in [0.717, 1.165) is 59.3 Å². The first-order valence-electron chi connectivity index (χ1n) is 17.2. The molecule has 5 aromatic rings. The van der Waals surface area contributed by atoms with Crippen molar-refractivity contribution in [3.05, 3.63) is 102 Å². The zero-order valence-corrected chi connectivity index (χ0v) is 30.8. The average molecular weight is 727 g/mol. The minimum absolute atomic E-state index is 0.0737. The van der Waals surface area contributed by atoms with Gasteiger partial charge in [-0.25, -0.2) is 8.78 Å². The SMILES string of the molecule is COc1cc(-c2cncc(CN3CCC(N(Cc4cncc(-c5cc(OC)c(OC)c(OC)c5)c4)c4ccc(F)c(F)c4)CC3)c2)cc(OC)c1OC. The number of aromatic nitrogens is 2. The molecule has 0 bridgehead atoms. The van der Waals surface area contributed by atoms with E-state index in [0.29, 0.717) is 53.3 Å². The lowest BCUT2D eigenvalue weighted by molar-refractivity contribution is 0.200. The molecule has 0 atom stereocenters. The highest BCUT2D eigenvalue weighted by atomic mass is 19.2. The van der Waals surface area contributed by atoms with Crippen LogP contribution in [0.15, 0.2) is 79.4 Å². The lowest BCUT2D eigenvalue weighted by atomic mass is 9.99. The molecule has 1 saturated heterocycles. The predicted molar refractivity (Wildman–Crippen MR) is 199 cm³/mol. The summed E-state index contributed by atoms with van der Waals surface area (Å²) in [5.74, 6) is 1.49. The number of anilines is 1. The monoisotopic (exact) mass is 726 g/mol. The van der Waals surface area contributed by atoms with Crippen molar-refractivity contribution in [3.8, 4) is 56.8 Å². The van der Waals surface area contributed by atoms with Crippen LogP contribution in [0, 0.1) is 11.6 Å². The maximum atomic E-state index is 14.6. The number of pyridine rings is 2. The third kappa shape index (κ3) is 8.23. The van der Waals surface area contributed by atoms with Gasteiger partial charge in [-0.2, -0.15) is 0 Å². The van der Waals surface area contributed by atoms with E-state index in [1.807, 2.05) is 42.7 Å². The molecule has 3 aromatic carbocycles. The Labute approximate surface area is 308 Å². The van der Waals surface area contributed by atoms with Gasteiger partial charge in [0.2, 0.25) is 11.5 Å². The van der Waals surface area contributed by atoms with E-state index in [1.165, 1.54) is 12.1 Å². The molecule has 0 amide bonds. The van der Waals surface area contributed by atoms with Gasteiger partial charge in [0.15, 0.2) is 34.6 Å². The largest absolute Gasteiger partial charge is 0.493 e. The van der Waals surface area contributed by atoms with Crippen molar-refractivity contribution in [2.24, 2.45) is 0 Å². The number of methoxy groups -OCH3 is 6. The van der Waals surface area contributed by atoms with Crippen LogP contribution < -0.4 is 33.3 Å². The van der Waals surface area contributed by atoms with Crippen LogP contribution in [0.1, 0.15) is 24.0 Å². The summed E-state index contributed by atoms with van der Waals surface area (Å²) in [7, 11) is 9.49. The number of hydrogen-bond acceptors (Lipinski definition) is 10. The van der Waals surface area contributed by atoms with Gasteiger partial charge in [0.05, 0.1) is 42.7 Å². The lowest BCUT2D eigenvalue weighted by Gasteiger charge is -2.40. The maximum absolute atomic E-state index is 14.6. The fraction of sp³-hybridized carbons (Fsp3) is 0.317. The number of halogens is 2. The first kappa shape index (κ1) is 37.1. The maximum Gasteiger partial charge on any atom is 0.203 e. The van der Waals surface area contributed by atoms with Crippen LogP contribution >= 0.6 is 0 Å². The molecule has 0 spiro atoms. The van der Waals surface area contributed by atoms with Gasteiger partial charge in [0, 0.05) is 79.9 Å². The Morgan fingerprint density at radius 1 is 0.585 bits per heavy atom. The number of nitrogens with zero attached hydrogens (tertiary/aromatic N) is 4. The summed E-state index contributed by atoms with van der Waals surface area (Å²) < 4.78 is 62.0. The third-order valence-corrected chi connectivity index (χ3v) is 9.58. The Morgan fingerprint density at radius 3 is 1.55 bits per heavy atom. The van der Waals surface area contributed by atoms with Crippen LogP contribution in [-0.4, -0.2) is 76.7 Å². The molecule has 0 aliphatic carbocycles. The summed E-state index contributed by atoms with van der Waals surface area (Å²) in [6.07, 6.45) is 8.92. The van der Waals surface area contributed by atoms with Gasteiger partial charge >= 0.3 is 0 Å². The first-order chi connectivity index (χ1) is 25.8. The van der Waals surface area contributed by atoms with Crippen molar-refractivity contribution >= 4 is 5.69 Å². The van der Waals surface area contributed by atoms with Gasteiger partial charge in [-0.05, 0) is 83.6 Å². The van der Waals surface area contributed by atoms with E-state index in [4.69, 9.17) is 28.4 Å². The number of benzene rings is 3. The molecule has 53 heavy (non-hydrogen) atoms. The molecule has 0 saturated carbocycles. The molecule has 278 valence electrons. The van der Waals surface area contributed by atoms with E-state index < -0.39 is 11.6 Å². The molecule has 2 aromatic heterocycles. The van der Waals surface area contributed by atoms with Gasteiger partial charge in [0.25, 0.3) is 0 Å². The zero-order valence-electron chi connectivity index (χ0n) is 30.8. The van der Waals surface area contributed by atoms with E-state index in [-0.39, 0.29) is 6.04 Å². The minimum Gasteiger partial charge on any atom is -0.493 e. The summed E-state index contributed by atoms with van der Waals surface area (Å²) in [4.78, 5) is 13.6. The van der Waals surface area contributed by atoms with Crippen LogP contribution in [0.3, 0.4) is 0 Å². The molecule has 1 fully saturated rings. The fourth-order valence-electron chi connectivity index (χ4n) is 6.90. The van der Waals surface area contributed by atoms with Gasteiger partial charge in [-0.15, -0.1) is 0 Å². The molecule has 10 nitrogen and oxygen atoms in total. The fourth-order valence-corrected chi connectivity index (χ4v) is 6.90. The third-order valence-electron chi connectivity index (χ3n) is 9.58. The average Bonchev–Trinajstić information content (AvgIpc) is 3.20. The number of rotatable bonds is 14. The van der Waals surface area contributed by atoms with Crippen LogP contribution in [0.4, 0.5) is 14.5 Å². The van der Waals surface area contributed by atoms with Crippen LogP contribution in [0.2, 0.25) is 0 Å². The molecule has 12 heteroatoms. The summed E-state index contributed by atoms with van der Waals surface area (Å²) in [5, 5.41) is 0. The number of likely N-dealkylation sites (tertiary alicyclic amines) is 1. The molecule has 6 rings (SSSR count). The Morgan fingerprint density at radius 2 is 1.08 bits per heavy atom. The number of hydrogen-bond donors (Lipinski definition) is 0. The molecule has 1 aliphatic heterocycles. The van der Waals surface area contributed by atoms with Gasteiger partial charge in [-0.1, -0.05) is 0 Å². The highest BCUT2D eigenvalue weighted by Gasteiger charge is 2.27. The second-order valence-corrected chi connectivity index (χ2v) is 12.7. The van der Waals surface area contributed by atoms with Crippen LogP contribution in [0.5, 0.6) is 34.5 Å². The molecule has 0 radical (unpaired) electrons. The highest BCUT2D eigenvalue weighted by molar-refractivity contribution is 5.72. The van der Waals surface area contributed by atoms with Gasteiger partial charge < -0.3 is 33.3 Å². The van der Waals surface area contributed by atoms with Crippen LogP contribution in [0.25, 0.3) is 22.3 Å². The Hall–Kier alpha value is -5.62. The van der Waals surface area contributed by atoms with Crippen molar-refractivity contribution in [2.45, 2.75) is 32.0 Å². The molecule has 0 unspecified atom stereocenters. The van der Waals surface area contributed by atoms with Crippen molar-refractivity contribution in [2.75, 3.05) is 60.6 Å². The quantitative estimate of drug-likeness (QED) is 0.113. The topological polar surface area (TPSA) is 87.6 Å². The van der Waals surface area contributed by atoms with Gasteiger partial charge in [-0.3, -0.25) is 14.9 Å². The number of piperidine rings is 1. The van der Waals surface area contributed by atoms with Gasteiger partial charge in [0.1, 0.15) is 0 Å². The lowest BCUT2D eigenvalue weighted by Crippen LogP contribution is -2.44. The molecule has 0 N–H and O–H groups in total. The molecular formula is C41H44F2N4O6. The van der Waals surface area contributed by atoms with Crippen molar-refractivity contribution < 1.29 is 37.2 Å². The van der Waals surface area contributed by atoms with E-state index in [9.17, 15) is 8.78 Å². The smallest absolute Gasteiger partial charge is 0.203 e. The Balaban J connectivity index is 1.20. The normalized spacial score (nSPS) is 13.4. The zero-order chi connectivity index (χ0) is 37.5. The predicted octanol–water partition coefficient (Wildman–Crippen LogP) is 7.81. The van der Waals surface area contributed by atoms with E-state index in [2.05, 4.69) is 25.8 Å². The van der Waals surface area contributed by atoms with Crippen molar-refractivity contribution in [1.29, 1.82) is 0 Å². The highest BCUT2D eigenvalue weighted by Crippen LogP contribution is 2.42. The van der Waals surface area contributed by atoms with Crippen molar-refractivity contribution in [3.63, 3.8) is 0 Å². The molecule has 1 aliphatic rings. The minimum atomic E-state index is -0.881. The van der Waals surface area contributed by atoms with Crippen LogP contribution in [-0.2, 0) is 13.1 Å². The second kappa shape index (κ2) is 16.8. The number of ether oxygens (including phenoxy) is 6. The van der Waals surface area contributed by atoms with E-state index in [1.54, 1.807) is 61.1 Å². The Kier molecular flexibility index (Phi) is 11.8. The molecular weight excluding hydrogens is 682 g/mol. The van der Waals surface area contributed by atoms with Crippen molar-refractivity contribution in [1.82, 2.24) is 14.9 Å². The summed E-state index contributed by atoms with van der Waals surface area (Å²) >= 11 is 0. The molecule has 3 heterocycles. The second-order valence-electron chi connectivity index (χ2n) is 12.7. The summed E-state index contributed by atoms with van der Waals surface area (Å²) in [6, 6.07) is 15.9.